The largest absolute Gasteiger partial charge is 0.497 e. The second-order valence-corrected chi connectivity index (χ2v) is 20.0. The number of alkyl carbamates (subject to hydrolysis) is 1. The molecule has 1 fully saturated rings. The molecule has 1 unspecified atom stereocenters. The maximum Gasteiger partial charge on any atom is 0.407 e. The fraction of sp³-hybridized carbons (Fsp3) is 0.771. The average Bonchev–Trinajstić information content (AvgIpc) is 2.95. The molecule has 1 aromatic rings. The second kappa shape index (κ2) is 17.7. The van der Waals surface area contributed by atoms with E-state index >= 15 is 0 Å². The summed E-state index contributed by atoms with van der Waals surface area (Å²) in [7, 11) is 0.991. The lowest BCUT2D eigenvalue weighted by Gasteiger charge is -2.44. The number of carbonyl (C=O) groups is 2. The van der Waals surface area contributed by atoms with Crippen molar-refractivity contribution in [2.75, 3.05) is 47.1 Å². The van der Waals surface area contributed by atoms with Crippen LogP contribution in [0.25, 0.3) is 0 Å². The first-order valence-corrected chi connectivity index (χ1v) is 19.7. The van der Waals surface area contributed by atoms with Gasteiger partial charge in [-0.3, -0.25) is 0 Å². The van der Waals surface area contributed by atoms with Crippen molar-refractivity contribution in [3.63, 3.8) is 0 Å². The van der Waals surface area contributed by atoms with Crippen molar-refractivity contribution in [1.29, 1.82) is 0 Å². The van der Waals surface area contributed by atoms with E-state index < -0.39 is 32.2 Å². The Hall–Kier alpha value is -2.34. The van der Waals surface area contributed by atoms with Crippen molar-refractivity contribution in [2.24, 2.45) is 11.8 Å². The standard InChI is InChI=1S/C35H63N3O7Si/c1-25(2)28(31(43-22-14-21-41-9)26-15-17-27(42-10)18-16-26)23-29(37-33(40)44-34(3,4)5)30(45-46(11,12)35(6,7)8)24-38-20-13-19-36-32(38)39/h15-18,25,28-31H,13-14,19-24H2,1-12H3,(H,36,39)(H,37,40)/t28-,29-,30-,31?/m0/s1. The molecule has 4 atom stereocenters. The monoisotopic (exact) mass is 665 g/mol. The SMILES string of the molecule is COCCCOC(c1ccc(OC)cc1)[C@@H](C[C@H](NC(=O)OC(C)(C)C)[C@H](CN1CCCNC1=O)O[Si](C)(C)C(C)(C)C)C(C)C. The molecule has 1 saturated heterocycles. The Labute approximate surface area is 279 Å². The predicted octanol–water partition coefficient (Wildman–Crippen LogP) is 7.15. The first-order chi connectivity index (χ1) is 21.4. The van der Waals surface area contributed by atoms with Crippen LogP contribution in [0.15, 0.2) is 24.3 Å². The number of amides is 3. The summed E-state index contributed by atoms with van der Waals surface area (Å²) in [6.07, 6.45) is 0.920. The zero-order chi connectivity index (χ0) is 34.7. The molecule has 2 rings (SSSR count). The molecule has 1 aromatic carbocycles. The molecular weight excluding hydrogens is 602 g/mol. The highest BCUT2D eigenvalue weighted by Gasteiger charge is 2.43. The molecule has 0 saturated carbocycles. The molecular formula is C35H63N3O7Si. The lowest BCUT2D eigenvalue weighted by atomic mass is 9.80. The van der Waals surface area contributed by atoms with Crippen LogP contribution in [-0.4, -0.2) is 90.2 Å². The maximum absolute atomic E-state index is 13.5. The van der Waals surface area contributed by atoms with Gasteiger partial charge in [-0.15, -0.1) is 0 Å². The molecule has 0 radical (unpaired) electrons. The number of methoxy groups -OCH3 is 2. The van der Waals surface area contributed by atoms with Crippen molar-refractivity contribution < 1.29 is 33.0 Å². The summed E-state index contributed by atoms with van der Waals surface area (Å²) >= 11 is 0. The molecule has 11 heteroatoms. The molecule has 0 aliphatic carbocycles. The molecule has 0 bridgehead atoms. The Morgan fingerprint density at radius 2 is 1.70 bits per heavy atom. The number of hydrogen-bond donors (Lipinski definition) is 2. The molecule has 3 amide bonds. The number of nitrogens with zero attached hydrogens (tertiary/aromatic N) is 1. The number of rotatable bonds is 17. The van der Waals surface area contributed by atoms with Crippen LogP contribution in [0.2, 0.25) is 18.1 Å². The van der Waals surface area contributed by atoms with E-state index in [1.807, 2.05) is 49.9 Å². The highest BCUT2D eigenvalue weighted by atomic mass is 28.4. The van der Waals surface area contributed by atoms with Gasteiger partial charge in [0.1, 0.15) is 11.4 Å². The number of carbonyl (C=O) groups excluding carboxylic acids is 2. The Balaban J connectivity index is 2.61. The van der Waals surface area contributed by atoms with E-state index in [1.54, 1.807) is 14.2 Å². The minimum absolute atomic E-state index is 0.0171. The van der Waals surface area contributed by atoms with E-state index in [-0.39, 0.29) is 29.0 Å². The first-order valence-electron chi connectivity index (χ1n) is 16.8. The predicted molar refractivity (Wildman–Crippen MR) is 186 cm³/mol. The number of ether oxygens (including phenoxy) is 4. The second-order valence-electron chi connectivity index (χ2n) is 15.3. The Morgan fingerprint density at radius 1 is 1.04 bits per heavy atom. The van der Waals surface area contributed by atoms with Crippen molar-refractivity contribution in [1.82, 2.24) is 15.5 Å². The fourth-order valence-electron chi connectivity index (χ4n) is 5.35. The van der Waals surface area contributed by atoms with E-state index in [2.05, 4.69) is 58.3 Å². The summed E-state index contributed by atoms with van der Waals surface area (Å²) in [5, 5.41) is 6.11. The van der Waals surface area contributed by atoms with Gasteiger partial charge in [-0.05, 0) is 87.7 Å². The van der Waals surface area contributed by atoms with Crippen LogP contribution < -0.4 is 15.4 Å². The Morgan fingerprint density at radius 3 is 2.22 bits per heavy atom. The van der Waals surface area contributed by atoms with Gasteiger partial charge in [0.25, 0.3) is 0 Å². The Bertz CT molecular complexity index is 1070. The molecule has 10 nitrogen and oxygen atoms in total. The van der Waals surface area contributed by atoms with E-state index in [0.29, 0.717) is 39.3 Å². The normalized spacial score (nSPS) is 17.2. The van der Waals surface area contributed by atoms with Gasteiger partial charge >= 0.3 is 12.1 Å². The van der Waals surface area contributed by atoms with E-state index in [1.165, 1.54) is 0 Å². The van der Waals surface area contributed by atoms with Crippen LogP contribution in [0.5, 0.6) is 5.75 Å². The van der Waals surface area contributed by atoms with Crippen LogP contribution in [0, 0.1) is 11.8 Å². The van der Waals surface area contributed by atoms with E-state index in [0.717, 1.165) is 24.2 Å². The van der Waals surface area contributed by atoms with E-state index in [9.17, 15) is 9.59 Å². The first kappa shape index (κ1) is 39.8. The summed E-state index contributed by atoms with van der Waals surface area (Å²) in [5.74, 6) is 0.941. The Kier molecular flexibility index (Phi) is 15.3. The highest BCUT2D eigenvalue weighted by molar-refractivity contribution is 6.74. The summed E-state index contributed by atoms with van der Waals surface area (Å²) in [4.78, 5) is 28.3. The van der Waals surface area contributed by atoms with Crippen molar-refractivity contribution in [2.45, 2.75) is 117 Å². The third-order valence-electron chi connectivity index (χ3n) is 8.98. The van der Waals surface area contributed by atoms with Crippen LogP contribution >= 0.6 is 0 Å². The quantitative estimate of drug-likeness (QED) is 0.134. The fourth-order valence-corrected chi connectivity index (χ4v) is 6.70. The minimum atomic E-state index is -2.35. The van der Waals surface area contributed by atoms with Gasteiger partial charge in [0.15, 0.2) is 8.32 Å². The van der Waals surface area contributed by atoms with Crippen molar-refractivity contribution in [3.8, 4) is 5.75 Å². The van der Waals surface area contributed by atoms with Gasteiger partial charge in [-0.25, -0.2) is 9.59 Å². The van der Waals surface area contributed by atoms with Crippen molar-refractivity contribution >= 4 is 20.4 Å². The number of urea groups is 1. The number of hydrogen-bond acceptors (Lipinski definition) is 7. The molecule has 0 aromatic heterocycles. The molecule has 1 aliphatic heterocycles. The van der Waals surface area contributed by atoms with Crippen LogP contribution in [-0.2, 0) is 18.6 Å². The van der Waals surface area contributed by atoms with Crippen LogP contribution in [0.1, 0.15) is 86.3 Å². The summed E-state index contributed by atoms with van der Waals surface area (Å²) < 4.78 is 30.3. The summed E-state index contributed by atoms with van der Waals surface area (Å²) in [6.45, 7) is 23.7. The molecule has 0 spiro atoms. The highest BCUT2D eigenvalue weighted by Crippen LogP contribution is 2.40. The molecule has 46 heavy (non-hydrogen) atoms. The number of nitrogens with one attached hydrogen (secondary N) is 2. The van der Waals surface area contributed by atoms with E-state index in [4.69, 9.17) is 23.4 Å². The average molecular weight is 666 g/mol. The molecule has 1 heterocycles. The van der Waals surface area contributed by atoms with Crippen LogP contribution in [0.4, 0.5) is 9.59 Å². The van der Waals surface area contributed by atoms with Crippen LogP contribution in [0.3, 0.4) is 0 Å². The van der Waals surface area contributed by atoms with Crippen molar-refractivity contribution in [3.05, 3.63) is 29.8 Å². The topological polar surface area (TPSA) is 108 Å². The van der Waals surface area contributed by atoms with Gasteiger partial charge in [0.2, 0.25) is 0 Å². The van der Waals surface area contributed by atoms with Gasteiger partial charge in [-0.1, -0.05) is 46.8 Å². The zero-order valence-electron chi connectivity index (χ0n) is 30.7. The smallest absolute Gasteiger partial charge is 0.407 e. The third-order valence-corrected chi connectivity index (χ3v) is 13.5. The maximum atomic E-state index is 13.5. The van der Waals surface area contributed by atoms with Gasteiger partial charge in [0.05, 0.1) is 25.4 Å². The van der Waals surface area contributed by atoms with Gasteiger partial charge < -0.3 is 38.9 Å². The minimum Gasteiger partial charge on any atom is -0.497 e. The molecule has 2 N–H and O–H groups in total. The van der Waals surface area contributed by atoms with Gasteiger partial charge in [0, 0.05) is 40.0 Å². The molecule has 264 valence electrons. The molecule has 1 aliphatic rings. The summed E-state index contributed by atoms with van der Waals surface area (Å²) in [5.41, 5.74) is 0.357. The third kappa shape index (κ3) is 12.7. The summed E-state index contributed by atoms with van der Waals surface area (Å²) in [6, 6.07) is 7.43. The zero-order valence-corrected chi connectivity index (χ0v) is 31.7. The number of benzene rings is 1. The lowest BCUT2D eigenvalue weighted by molar-refractivity contribution is -0.0258. The van der Waals surface area contributed by atoms with Gasteiger partial charge in [-0.2, -0.15) is 0 Å². The lowest BCUT2D eigenvalue weighted by Crippen LogP contribution is -2.59.